The van der Waals surface area contributed by atoms with Crippen molar-refractivity contribution in [3.63, 3.8) is 0 Å². The number of rotatable bonds is 5. The van der Waals surface area contributed by atoms with Crippen molar-refractivity contribution in [1.82, 2.24) is 14.3 Å². The van der Waals surface area contributed by atoms with E-state index in [-0.39, 0.29) is 5.56 Å². The summed E-state index contributed by atoms with van der Waals surface area (Å²) in [5, 5.41) is 7.82. The number of aromatic nitrogens is 3. The second-order valence-corrected chi connectivity index (χ2v) is 8.44. The number of hydrogen-bond acceptors (Lipinski definition) is 5. The van der Waals surface area contributed by atoms with Crippen molar-refractivity contribution in [2.24, 2.45) is 7.05 Å². The van der Waals surface area contributed by atoms with Gasteiger partial charge in [0.1, 0.15) is 5.69 Å². The Morgan fingerprint density at radius 3 is 2.61 bits per heavy atom. The normalized spacial score (nSPS) is 20.1. The largest absolute Gasteiger partial charge is 0.454 e. The predicted molar refractivity (Wildman–Crippen MR) is 120 cm³/mol. The first-order valence-electron chi connectivity index (χ1n) is 11.0. The highest BCUT2D eigenvalue weighted by Gasteiger charge is 2.25. The van der Waals surface area contributed by atoms with Crippen LogP contribution in [0.4, 0.5) is 5.69 Å². The van der Waals surface area contributed by atoms with E-state index in [9.17, 15) is 4.79 Å². The summed E-state index contributed by atoms with van der Waals surface area (Å²) in [6.07, 6.45) is 9.95. The van der Waals surface area contributed by atoms with Crippen molar-refractivity contribution in [2.75, 3.05) is 12.1 Å². The van der Waals surface area contributed by atoms with Crippen molar-refractivity contribution in [2.45, 2.75) is 51.1 Å². The Morgan fingerprint density at radius 1 is 1.06 bits per heavy atom. The number of hydrogen-bond donors (Lipinski definition) is 1. The maximum Gasteiger partial charge on any atom is 0.273 e. The minimum absolute atomic E-state index is 0.0352. The summed E-state index contributed by atoms with van der Waals surface area (Å²) < 4.78 is 14.5. The van der Waals surface area contributed by atoms with Gasteiger partial charge >= 0.3 is 0 Å². The fourth-order valence-electron chi connectivity index (χ4n) is 4.66. The third-order valence-electron chi connectivity index (χ3n) is 6.42. The van der Waals surface area contributed by atoms with Gasteiger partial charge in [-0.05, 0) is 62.3 Å². The molecule has 1 fully saturated rings. The van der Waals surface area contributed by atoms with E-state index in [4.69, 9.17) is 9.47 Å². The van der Waals surface area contributed by atoms with E-state index in [1.54, 1.807) is 9.25 Å². The fourth-order valence-corrected chi connectivity index (χ4v) is 4.66. The Hall–Kier alpha value is -3.22. The van der Waals surface area contributed by atoms with Gasteiger partial charge in [0.15, 0.2) is 11.5 Å². The molecule has 1 N–H and O–H groups in total. The zero-order valence-electron chi connectivity index (χ0n) is 18.0. The molecule has 1 aliphatic carbocycles. The Labute approximate surface area is 181 Å². The van der Waals surface area contributed by atoms with Gasteiger partial charge in [0, 0.05) is 43.2 Å². The maximum absolute atomic E-state index is 12.9. The van der Waals surface area contributed by atoms with E-state index in [1.165, 1.54) is 5.56 Å². The smallest absolute Gasteiger partial charge is 0.273 e. The van der Waals surface area contributed by atoms with Crippen LogP contribution >= 0.6 is 0 Å². The number of anilines is 1. The van der Waals surface area contributed by atoms with Gasteiger partial charge in [0.25, 0.3) is 5.56 Å². The minimum atomic E-state index is 0.0352. The Bertz CT molecular complexity index is 1140. The SMILES string of the molecule is CCn1cc(-c2cnn(C)c2)cc(N[C@H]2CC[C@@H](c3ccc4c(c3)OCO4)CC2)c1=O. The second-order valence-electron chi connectivity index (χ2n) is 8.44. The average Bonchev–Trinajstić information content (AvgIpc) is 3.44. The van der Waals surface area contributed by atoms with Gasteiger partial charge in [0.2, 0.25) is 6.79 Å². The third-order valence-corrected chi connectivity index (χ3v) is 6.42. The van der Waals surface area contributed by atoms with Crippen molar-refractivity contribution in [3.05, 3.63) is 58.8 Å². The zero-order chi connectivity index (χ0) is 21.4. The number of fused-ring (bicyclic) bond motifs is 1. The van der Waals surface area contributed by atoms with Crippen LogP contribution in [0.15, 0.2) is 47.7 Å². The lowest BCUT2D eigenvalue weighted by Gasteiger charge is -2.30. The van der Waals surface area contributed by atoms with Crippen LogP contribution in [0.1, 0.15) is 44.1 Å². The molecule has 7 heteroatoms. The molecule has 0 spiro atoms. The van der Waals surface area contributed by atoms with E-state index < -0.39 is 0 Å². The molecule has 162 valence electrons. The summed E-state index contributed by atoms with van der Waals surface area (Å²) in [5.74, 6) is 2.20. The van der Waals surface area contributed by atoms with Gasteiger partial charge in [-0.2, -0.15) is 5.10 Å². The Kier molecular flexibility index (Phi) is 5.18. The molecule has 7 nitrogen and oxygen atoms in total. The van der Waals surface area contributed by atoms with Crippen molar-refractivity contribution in [3.8, 4) is 22.6 Å². The Balaban J connectivity index is 1.30. The highest BCUT2D eigenvalue weighted by atomic mass is 16.7. The summed E-state index contributed by atoms with van der Waals surface area (Å²) in [6, 6.07) is 8.56. The van der Waals surface area contributed by atoms with Crippen LogP contribution in [0.2, 0.25) is 0 Å². The molecule has 1 aromatic carbocycles. The summed E-state index contributed by atoms with van der Waals surface area (Å²) in [5.41, 5.74) is 4.04. The molecule has 1 aliphatic heterocycles. The number of nitrogens with one attached hydrogen (secondary N) is 1. The van der Waals surface area contributed by atoms with Crippen molar-refractivity contribution >= 4 is 5.69 Å². The molecule has 2 aliphatic rings. The monoisotopic (exact) mass is 420 g/mol. The lowest BCUT2D eigenvalue weighted by atomic mass is 9.81. The van der Waals surface area contributed by atoms with Crippen molar-refractivity contribution in [1.29, 1.82) is 0 Å². The molecule has 0 bridgehead atoms. The first-order valence-corrected chi connectivity index (χ1v) is 11.0. The molecule has 0 amide bonds. The lowest BCUT2D eigenvalue weighted by Crippen LogP contribution is -2.30. The van der Waals surface area contributed by atoms with E-state index >= 15 is 0 Å². The van der Waals surface area contributed by atoms with Crippen LogP contribution in [0, 0.1) is 0 Å². The van der Waals surface area contributed by atoms with Gasteiger partial charge in [-0.15, -0.1) is 0 Å². The standard InChI is InChI=1S/C24H28N4O3/c1-3-28-14-18(19-12-25-27(2)13-19)10-21(24(28)29)26-20-7-4-16(5-8-20)17-6-9-22-23(11-17)31-15-30-22/h6,9-14,16,20,26H,3-5,7-8,15H2,1-2H3/t16-,20+. The Morgan fingerprint density at radius 2 is 1.87 bits per heavy atom. The minimum Gasteiger partial charge on any atom is -0.454 e. The average molecular weight is 421 g/mol. The van der Waals surface area contributed by atoms with Crippen LogP contribution < -0.4 is 20.3 Å². The number of nitrogens with zero attached hydrogens (tertiary/aromatic N) is 3. The van der Waals surface area contributed by atoms with Gasteiger partial charge in [-0.3, -0.25) is 9.48 Å². The molecule has 0 atom stereocenters. The molecular weight excluding hydrogens is 392 g/mol. The molecule has 2 aromatic heterocycles. The van der Waals surface area contributed by atoms with Crippen LogP contribution in [0.25, 0.3) is 11.1 Å². The summed E-state index contributed by atoms with van der Waals surface area (Å²) in [7, 11) is 1.90. The van der Waals surface area contributed by atoms with Gasteiger partial charge in [0.05, 0.1) is 6.20 Å². The molecule has 5 rings (SSSR count). The summed E-state index contributed by atoms with van der Waals surface area (Å²) in [4.78, 5) is 12.9. The van der Waals surface area contributed by atoms with Crippen LogP contribution in [0.3, 0.4) is 0 Å². The molecule has 3 heterocycles. The van der Waals surface area contributed by atoms with E-state index in [0.717, 1.165) is 48.3 Å². The van der Waals surface area contributed by atoms with Crippen LogP contribution in [-0.4, -0.2) is 27.2 Å². The third kappa shape index (κ3) is 3.92. The quantitative estimate of drug-likeness (QED) is 0.672. The van der Waals surface area contributed by atoms with Crippen molar-refractivity contribution < 1.29 is 9.47 Å². The van der Waals surface area contributed by atoms with Gasteiger partial charge in [-0.25, -0.2) is 0 Å². The topological polar surface area (TPSA) is 70.3 Å². The molecule has 0 saturated heterocycles. The number of aryl methyl sites for hydroxylation is 2. The zero-order valence-corrected chi connectivity index (χ0v) is 18.0. The maximum atomic E-state index is 12.9. The first-order chi connectivity index (χ1) is 15.1. The van der Waals surface area contributed by atoms with E-state index in [2.05, 4.69) is 22.5 Å². The molecule has 31 heavy (non-hydrogen) atoms. The summed E-state index contributed by atoms with van der Waals surface area (Å²) in [6.45, 7) is 2.94. The number of pyridine rings is 1. The lowest BCUT2D eigenvalue weighted by molar-refractivity contribution is 0.174. The number of benzene rings is 1. The highest BCUT2D eigenvalue weighted by molar-refractivity contribution is 5.65. The highest BCUT2D eigenvalue weighted by Crippen LogP contribution is 2.39. The second kappa shape index (κ2) is 8.13. The number of ether oxygens (including phenoxy) is 2. The molecule has 3 aromatic rings. The van der Waals surface area contributed by atoms with E-state index in [0.29, 0.717) is 31.0 Å². The molecule has 1 saturated carbocycles. The van der Waals surface area contributed by atoms with Gasteiger partial charge < -0.3 is 19.4 Å². The predicted octanol–water partition coefficient (Wildman–Crippen LogP) is 4.14. The van der Waals surface area contributed by atoms with E-state index in [1.807, 2.05) is 44.7 Å². The van der Waals surface area contributed by atoms with Gasteiger partial charge in [-0.1, -0.05) is 6.07 Å². The van der Waals surface area contributed by atoms with Crippen LogP contribution in [-0.2, 0) is 13.6 Å². The molecule has 0 unspecified atom stereocenters. The summed E-state index contributed by atoms with van der Waals surface area (Å²) >= 11 is 0. The molecular formula is C24H28N4O3. The van der Waals surface area contributed by atoms with Crippen LogP contribution in [0.5, 0.6) is 11.5 Å². The fraction of sp³-hybridized carbons (Fsp3) is 0.417. The first kappa shape index (κ1) is 19.7. The molecule has 0 radical (unpaired) electrons.